The predicted octanol–water partition coefficient (Wildman–Crippen LogP) is 4.99. The van der Waals surface area contributed by atoms with E-state index in [9.17, 15) is 19.5 Å². The second-order valence-electron chi connectivity index (χ2n) is 11.8. The molecule has 0 unspecified atom stereocenters. The van der Waals surface area contributed by atoms with Gasteiger partial charge in [0.2, 0.25) is 0 Å². The van der Waals surface area contributed by atoms with Crippen LogP contribution in [0.3, 0.4) is 0 Å². The highest BCUT2D eigenvalue weighted by Gasteiger charge is 2.63. The van der Waals surface area contributed by atoms with Crippen molar-refractivity contribution in [1.29, 1.82) is 0 Å². The predicted molar refractivity (Wildman–Crippen MR) is 140 cm³/mol. The molecule has 1 aromatic carbocycles. The number of fused-ring (bicyclic) bond motifs is 2. The van der Waals surface area contributed by atoms with Crippen molar-refractivity contribution in [2.75, 3.05) is 0 Å². The lowest BCUT2D eigenvalue weighted by Crippen LogP contribution is -2.52. The number of hydrogen-bond donors (Lipinski definition) is 1. The first-order valence-electron chi connectivity index (χ1n) is 13.5. The zero-order valence-electron chi connectivity index (χ0n) is 22.7. The molecule has 2 fully saturated rings. The summed E-state index contributed by atoms with van der Waals surface area (Å²) in [7, 11) is 0. The molecule has 0 bridgehead atoms. The highest BCUT2D eigenvalue weighted by molar-refractivity contribution is 6.02. The van der Waals surface area contributed by atoms with E-state index in [0.717, 1.165) is 12.0 Å². The number of carbonyl (C=O) groups excluding carboxylic acids is 3. The third-order valence-corrected chi connectivity index (χ3v) is 8.93. The normalized spacial score (nSPS) is 36.3. The quantitative estimate of drug-likeness (QED) is 0.445. The fraction of sp³-hybridized carbons (Fsp3) is 0.581. The van der Waals surface area contributed by atoms with Gasteiger partial charge in [-0.05, 0) is 66.1 Å². The molecule has 3 aliphatic carbocycles. The second kappa shape index (κ2) is 10.2. The number of Topliss-reactive ketones (excluding diaryl/α,β-unsaturated/α-hetero) is 1. The molecule has 2 saturated carbocycles. The molecule has 0 amide bonds. The summed E-state index contributed by atoms with van der Waals surface area (Å²) in [6, 6.07) is 9.28. The van der Waals surface area contributed by atoms with Gasteiger partial charge in [0, 0.05) is 6.42 Å². The molecule has 4 rings (SSSR count). The summed E-state index contributed by atoms with van der Waals surface area (Å²) in [5.41, 5.74) is 0.147. The number of esters is 2. The fourth-order valence-electron chi connectivity index (χ4n) is 6.66. The Hall–Kier alpha value is -2.73. The van der Waals surface area contributed by atoms with E-state index < -0.39 is 35.7 Å². The van der Waals surface area contributed by atoms with Crippen molar-refractivity contribution in [2.24, 2.45) is 29.1 Å². The minimum absolute atomic E-state index is 0.0463. The summed E-state index contributed by atoms with van der Waals surface area (Å²) in [4.78, 5) is 39.5. The molecular formula is C31H40O6. The molecule has 6 nitrogen and oxygen atoms in total. The number of carbonyl (C=O) groups is 3. The molecule has 0 heterocycles. The number of hydrogen-bond acceptors (Lipinski definition) is 6. The molecule has 6 heteroatoms. The van der Waals surface area contributed by atoms with E-state index >= 15 is 0 Å². The van der Waals surface area contributed by atoms with Gasteiger partial charge in [-0.2, -0.15) is 0 Å². The smallest absolute Gasteiger partial charge is 0.310 e. The maximum atomic E-state index is 13.9. The van der Waals surface area contributed by atoms with Gasteiger partial charge in [-0.25, -0.2) is 0 Å². The summed E-state index contributed by atoms with van der Waals surface area (Å²) < 4.78 is 11.9. The largest absolute Gasteiger partial charge is 0.461 e. The van der Waals surface area contributed by atoms with Gasteiger partial charge in [-0.15, -0.1) is 0 Å². The number of ketones is 1. The van der Waals surface area contributed by atoms with E-state index in [1.54, 1.807) is 13.8 Å². The summed E-state index contributed by atoms with van der Waals surface area (Å²) in [5.74, 6) is -1.93. The lowest BCUT2D eigenvalue weighted by molar-refractivity contribution is -0.170. The lowest BCUT2D eigenvalue weighted by Gasteiger charge is -2.37. The summed E-state index contributed by atoms with van der Waals surface area (Å²) in [6.45, 7) is 14.0. The highest BCUT2D eigenvalue weighted by atomic mass is 16.6. The maximum Gasteiger partial charge on any atom is 0.310 e. The first-order valence-corrected chi connectivity index (χ1v) is 13.5. The molecule has 0 radical (unpaired) electrons. The van der Waals surface area contributed by atoms with Gasteiger partial charge in [0.25, 0.3) is 0 Å². The maximum absolute atomic E-state index is 13.9. The fourth-order valence-corrected chi connectivity index (χ4v) is 6.66. The number of benzene rings is 1. The zero-order chi connectivity index (χ0) is 27.1. The summed E-state index contributed by atoms with van der Waals surface area (Å²) in [5, 5.41) is 12.1. The van der Waals surface area contributed by atoms with Gasteiger partial charge in [-0.1, -0.05) is 70.7 Å². The van der Waals surface area contributed by atoms with Crippen LogP contribution in [0.1, 0.15) is 65.9 Å². The van der Waals surface area contributed by atoms with Crippen molar-refractivity contribution in [3.8, 4) is 0 Å². The summed E-state index contributed by atoms with van der Waals surface area (Å²) >= 11 is 0. The molecule has 0 aromatic heterocycles. The van der Waals surface area contributed by atoms with Crippen LogP contribution in [0.5, 0.6) is 0 Å². The molecular weight excluding hydrogens is 468 g/mol. The molecule has 1 aromatic rings. The lowest BCUT2D eigenvalue weighted by atomic mass is 9.77. The Balaban J connectivity index is 1.75. The van der Waals surface area contributed by atoms with Crippen LogP contribution in [0.4, 0.5) is 0 Å². The van der Waals surface area contributed by atoms with Gasteiger partial charge in [-0.3, -0.25) is 14.4 Å². The van der Waals surface area contributed by atoms with Crippen LogP contribution in [-0.4, -0.2) is 40.6 Å². The monoisotopic (exact) mass is 508 g/mol. The number of allylic oxidation sites excluding steroid dienone is 1. The molecule has 0 spiro atoms. The van der Waals surface area contributed by atoms with Crippen LogP contribution >= 0.6 is 0 Å². The van der Waals surface area contributed by atoms with Crippen LogP contribution in [0.2, 0.25) is 0 Å². The van der Waals surface area contributed by atoms with Gasteiger partial charge in [0.15, 0.2) is 5.78 Å². The van der Waals surface area contributed by atoms with Gasteiger partial charge in [0.05, 0.1) is 12.3 Å². The Kier molecular flexibility index (Phi) is 7.53. The van der Waals surface area contributed by atoms with E-state index in [1.807, 2.05) is 43.3 Å². The number of ether oxygens (including phenoxy) is 2. The third-order valence-electron chi connectivity index (χ3n) is 8.93. The average molecular weight is 509 g/mol. The minimum atomic E-state index is -1.85. The van der Waals surface area contributed by atoms with Crippen molar-refractivity contribution in [2.45, 2.75) is 84.5 Å². The first kappa shape index (κ1) is 27.3. The van der Waals surface area contributed by atoms with Crippen LogP contribution in [0.25, 0.3) is 0 Å². The van der Waals surface area contributed by atoms with Crippen LogP contribution < -0.4 is 0 Å². The van der Waals surface area contributed by atoms with Gasteiger partial charge >= 0.3 is 11.9 Å². The van der Waals surface area contributed by atoms with E-state index in [0.29, 0.717) is 23.5 Å². The molecule has 1 N–H and O–H groups in total. The van der Waals surface area contributed by atoms with Gasteiger partial charge < -0.3 is 14.6 Å². The van der Waals surface area contributed by atoms with Crippen LogP contribution in [0, 0.1) is 29.1 Å². The van der Waals surface area contributed by atoms with E-state index in [2.05, 4.69) is 20.4 Å². The van der Waals surface area contributed by atoms with Crippen molar-refractivity contribution >= 4 is 17.7 Å². The Morgan fingerprint density at radius 1 is 1.14 bits per heavy atom. The molecule has 3 aliphatic rings. The zero-order valence-corrected chi connectivity index (χ0v) is 22.7. The topological polar surface area (TPSA) is 89.9 Å². The van der Waals surface area contributed by atoms with E-state index in [1.165, 1.54) is 0 Å². The van der Waals surface area contributed by atoms with E-state index in [4.69, 9.17) is 9.47 Å². The minimum Gasteiger partial charge on any atom is -0.461 e. The highest BCUT2D eigenvalue weighted by Crippen LogP contribution is 2.62. The molecule has 7 atom stereocenters. The molecule has 0 saturated heterocycles. The second-order valence-corrected chi connectivity index (χ2v) is 11.8. The SMILES string of the molecule is C=C1CC[C@H]2[C@@H](/C=C(\C)C(=O)[C@@]3(O)C[C@H](C)[C@H](OC(=O)CC)[C@@H]3[C@H]1OC(=O)Cc1ccccc1)C2(C)C. The molecule has 0 aliphatic heterocycles. The van der Waals surface area contributed by atoms with Crippen LogP contribution in [0.15, 0.2) is 54.1 Å². The molecule has 37 heavy (non-hydrogen) atoms. The van der Waals surface area contributed by atoms with Crippen molar-refractivity contribution in [3.05, 3.63) is 59.7 Å². The Morgan fingerprint density at radius 2 is 1.81 bits per heavy atom. The van der Waals surface area contributed by atoms with Gasteiger partial charge in [0.1, 0.15) is 17.8 Å². The van der Waals surface area contributed by atoms with Crippen molar-refractivity contribution < 1.29 is 29.0 Å². The molecule has 200 valence electrons. The first-order chi connectivity index (χ1) is 17.4. The Labute approximate surface area is 220 Å². The summed E-state index contributed by atoms with van der Waals surface area (Å²) in [6.07, 6.45) is 2.01. The van der Waals surface area contributed by atoms with Crippen LogP contribution in [-0.2, 0) is 30.3 Å². The number of aliphatic hydroxyl groups is 1. The standard InChI is InChI=1S/C31H40O6/c1-7-24(32)36-28-20(4)17-31(35)26(28)27(37-25(33)16-21-11-9-8-10-12-21)18(2)13-14-22-23(30(22,5)6)15-19(3)29(31)34/h8-12,15,20,22-23,26-28,35H,2,7,13-14,16-17H2,1,3-6H3/b19-15+/t20-,22-,23+,26-,27-,28-,31+/m0/s1. The third kappa shape index (κ3) is 5.18. The van der Waals surface area contributed by atoms with Crippen molar-refractivity contribution in [3.63, 3.8) is 0 Å². The van der Waals surface area contributed by atoms with E-state index in [-0.39, 0.29) is 42.3 Å². The Bertz CT molecular complexity index is 1100. The van der Waals surface area contributed by atoms with Crippen molar-refractivity contribution in [1.82, 2.24) is 0 Å². The Morgan fingerprint density at radius 3 is 2.46 bits per heavy atom. The number of rotatable bonds is 5. The average Bonchev–Trinajstić information content (AvgIpc) is 3.26.